The number of methoxy groups -OCH3 is 1. The van der Waals surface area contributed by atoms with Gasteiger partial charge in [-0.15, -0.1) is 0 Å². The zero-order chi connectivity index (χ0) is 14.5. The molecule has 1 heterocycles. The number of nitrogens with zero attached hydrogens (tertiary/aromatic N) is 2. The summed E-state index contributed by atoms with van der Waals surface area (Å²) >= 11 is 0. The van der Waals surface area contributed by atoms with Crippen molar-refractivity contribution in [1.29, 1.82) is 0 Å². The number of ether oxygens (including phenoxy) is 1. The first kappa shape index (κ1) is 14.5. The molecule has 0 saturated carbocycles. The van der Waals surface area contributed by atoms with Gasteiger partial charge in [-0.25, -0.2) is 9.37 Å². The molecule has 0 fully saturated rings. The van der Waals surface area contributed by atoms with Crippen LogP contribution in [0.3, 0.4) is 0 Å². The van der Waals surface area contributed by atoms with Crippen molar-refractivity contribution in [2.45, 2.75) is 32.4 Å². The molecule has 2 rings (SSSR count). The molecule has 0 bridgehead atoms. The number of hydrogen-bond donors (Lipinski definition) is 1. The predicted molar refractivity (Wildman–Crippen MR) is 76.3 cm³/mol. The number of nitrogens with two attached hydrogens (primary N) is 1. The molecule has 5 heteroatoms. The fourth-order valence-electron chi connectivity index (χ4n) is 2.02. The molecule has 2 aromatic rings. The first-order valence-electron chi connectivity index (χ1n) is 6.72. The molecule has 0 spiro atoms. The van der Waals surface area contributed by atoms with E-state index in [1.807, 2.05) is 17.7 Å². The van der Waals surface area contributed by atoms with Gasteiger partial charge in [0.05, 0.1) is 13.7 Å². The van der Waals surface area contributed by atoms with Gasteiger partial charge in [-0.2, -0.15) is 0 Å². The number of rotatable bonds is 6. The molecule has 4 nitrogen and oxygen atoms in total. The lowest BCUT2D eigenvalue weighted by molar-refractivity contribution is 0.410. The Morgan fingerprint density at radius 3 is 2.90 bits per heavy atom. The van der Waals surface area contributed by atoms with Gasteiger partial charge in [0.15, 0.2) is 0 Å². The molecule has 0 aliphatic rings. The van der Waals surface area contributed by atoms with Crippen LogP contribution in [0.15, 0.2) is 30.6 Å². The molecule has 2 N–H and O–H groups in total. The number of benzene rings is 1. The van der Waals surface area contributed by atoms with E-state index in [0.717, 1.165) is 12.2 Å². The summed E-state index contributed by atoms with van der Waals surface area (Å²) in [5.41, 5.74) is 6.56. The fourth-order valence-corrected chi connectivity index (χ4v) is 2.02. The summed E-state index contributed by atoms with van der Waals surface area (Å²) in [6.45, 7) is 2.49. The number of hydrogen-bond acceptors (Lipinski definition) is 3. The molecule has 0 aliphatic heterocycles. The Balaban J connectivity index is 2.16. The average molecular weight is 277 g/mol. The minimum absolute atomic E-state index is 0.0804. The van der Waals surface area contributed by atoms with Crippen molar-refractivity contribution in [3.05, 3.63) is 47.8 Å². The highest BCUT2D eigenvalue weighted by atomic mass is 19.1. The van der Waals surface area contributed by atoms with E-state index in [-0.39, 0.29) is 11.9 Å². The van der Waals surface area contributed by atoms with Crippen LogP contribution in [0.1, 0.15) is 24.7 Å². The maximum Gasteiger partial charge on any atom is 0.131 e. The third-order valence-corrected chi connectivity index (χ3v) is 3.37. The molecule has 1 atom stereocenters. The van der Waals surface area contributed by atoms with E-state index in [1.54, 1.807) is 18.3 Å². The van der Waals surface area contributed by atoms with Gasteiger partial charge in [0, 0.05) is 36.5 Å². The second kappa shape index (κ2) is 6.52. The summed E-state index contributed by atoms with van der Waals surface area (Å²) in [6.07, 6.45) is 5.16. The zero-order valence-electron chi connectivity index (χ0n) is 11.8. The van der Waals surface area contributed by atoms with E-state index in [1.165, 1.54) is 13.2 Å². The Hall–Kier alpha value is -1.88. The largest absolute Gasteiger partial charge is 0.497 e. The van der Waals surface area contributed by atoms with Crippen LogP contribution in [-0.2, 0) is 13.0 Å². The molecule has 0 saturated heterocycles. The van der Waals surface area contributed by atoms with Gasteiger partial charge in [-0.3, -0.25) is 0 Å². The van der Waals surface area contributed by atoms with Crippen LogP contribution in [-0.4, -0.2) is 22.7 Å². The van der Waals surface area contributed by atoms with Crippen LogP contribution in [0.2, 0.25) is 0 Å². The lowest BCUT2D eigenvalue weighted by Gasteiger charge is -2.12. The minimum atomic E-state index is -0.274. The summed E-state index contributed by atoms with van der Waals surface area (Å²) < 4.78 is 20.9. The van der Waals surface area contributed by atoms with E-state index >= 15 is 0 Å². The zero-order valence-corrected chi connectivity index (χ0v) is 11.8. The van der Waals surface area contributed by atoms with E-state index in [4.69, 9.17) is 10.5 Å². The number of halogens is 1. The van der Waals surface area contributed by atoms with Crippen molar-refractivity contribution in [3.8, 4) is 5.75 Å². The highest BCUT2D eigenvalue weighted by Gasteiger charge is 2.10. The maximum atomic E-state index is 14.0. The predicted octanol–water partition coefficient (Wildman–Crippen LogP) is 2.36. The molecule has 1 unspecified atom stereocenters. The Kier molecular flexibility index (Phi) is 4.74. The van der Waals surface area contributed by atoms with Crippen LogP contribution in [0.5, 0.6) is 5.75 Å². The molecule has 20 heavy (non-hydrogen) atoms. The number of aromatic nitrogens is 2. The fraction of sp³-hybridized carbons (Fsp3) is 0.400. The Labute approximate surface area is 118 Å². The molecule has 1 aromatic carbocycles. The highest BCUT2D eigenvalue weighted by molar-refractivity contribution is 5.29. The molecule has 108 valence electrons. The maximum absolute atomic E-state index is 14.0. The monoisotopic (exact) mass is 277 g/mol. The van der Waals surface area contributed by atoms with E-state index in [9.17, 15) is 4.39 Å². The highest BCUT2D eigenvalue weighted by Crippen LogP contribution is 2.18. The van der Waals surface area contributed by atoms with Crippen molar-refractivity contribution < 1.29 is 9.13 Å². The second-order valence-electron chi connectivity index (χ2n) is 4.80. The van der Waals surface area contributed by atoms with Crippen molar-refractivity contribution in [2.75, 3.05) is 7.11 Å². The Bertz CT molecular complexity index is 568. The lowest BCUT2D eigenvalue weighted by atomic mass is 10.1. The Morgan fingerprint density at radius 2 is 2.25 bits per heavy atom. The van der Waals surface area contributed by atoms with Crippen LogP contribution in [0, 0.1) is 5.82 Å². The van der Waals surface area contributed by atoms with E-state index in [0.29, 0.717) is 24.3 Å². The van der Waals surface area contributed by atoms with E-state index in [2.05, 4.69) is 4.98 Å². The van der Waals surface area contributed by atoms with Gasteiger partial charge < -0.3 is 15.0 Å². The molecular weight excluding hydrogens is 257 g/mol. The summed E-state index contributed by atoms with van der Waals surface area (Å²) in [4.78, 5) is 4.30. The number of imidazole rings is 1. The third-order valence-electron chi connectivity index (χ3n) is 3.37. The quantitative estimate of drug-likeness (QED) is 0.882. The van der Waals surface area contributed by atoms with Gasteiger partial charge in [0.2, 0.25) is 0 Å². The second-order valence-corrected chi connectivity index (χ2v) is 4.80. The van der Waals surface area contributed by atoms with Crippen molar-refractivity contribution >= 4 is 0 Å². The molecular formula is C15H20FN3O. The summed E-state index contributed by atoms with van der Waals surface area (Å²) in [7, 11) is 1.52. The Morgan fingerprint density at radius 1 is 1.45 bits per heavy atom. The van der Waals surface area contributed by atoms with Gasteiger partial charge in [0.25, 0.3) is 0 Å². The molecule has 0 aliphatic carbocycles. The first-order valence-corrected chi connectivity index (χ1v) is 6.72. The van der Waals surface area contributed by atoms with Gasteiger partial charge >= 0.3 is 0 Å². The third kappa shape index (κ3) is 3.36. The normalized spacial score (nSPS) is 12.4. The van der Waals surface area contributed by atoms with Crippen LogP contribution < -0.4 is 10.5 Å². The van der Waals surface area contributed by atoms with Crippen LogP contribution in [0.4, 0.5) is 4.39 Å². The first-order chi connectivity index (χ1) is 9.63. The summed E-state index contributed by atoms with van der Waals surface area (Å²) in [5, 5.41) is 0. The van der Waals surface area contributed by atoms with Gasteiger partial charge in [0.1, 0.15) is 17.4 Å². The summed E-state index contributed by atoms with van der Waals surface area (Å²) in [5.74, 6) is 1.13. The lowest BCUT2D eigenvalue weighted by Crippen LogP contribution is -2.23. The van der Waals surface area contributed by atoms with Crippen molar-refractivity contribution in [3.63, 3.8) is 0 Å². The molecule has 1 aromatic heterocycles. The summed E-state index contributed by atoms with van der Waals surface area (Å²) in [6, 6.07) is 4.96. The van der Waals surface area contributed by atoms with Gasteiger partial charge in [-0.1, -0.05) is 13.0 Å². The minimum Gasteiger partial charge on any atom is -0.497 e. The standard InChI is InChI=1S/C15H20FN3O/c1-3-12(17)8-15-18-6-7-19(15)10-11-4-5-13(20-2)9-14(11)16/h4-7,9,12H,3,8,10,17H2,1-2H3. The van der Waals surface area contributed by atoms with Crippen LogP contribution in [0.25, 0.3) is 0 Å². The molecule has 0 radical (unpaired) electrons. The van der Waals surface area contributed by atoms with Crippen LogP contribution >= 0.6 is 0 Å². The topological polar surface area (TPSA) is 53.1 Å². The smallest absolute Gasteiger partial charge is 0.131 e. The average Bonchev–Trinajstić information content (AvgIpc) is 2.88. The van der Waals surface area contributed by atoms with Crippen molar-refractivity contribution in [1.82, 2.24) is 9.55 Å². The van der Waals surface area contributed by atoms with Gasteiger partial charge in [-0.05, 0) is 12.5 Å². The van der Waals surface area contributed by atoms with E-state index < -0.39 is 0 Å². The SMILES string of the molecule is CCC(N)Cc1nccn1Cc1ccc(OC)cc1F. The molecule has 0 amide bonds. The van der Waals surface area contributed by atoms with Crippen molar-refractivity contribution in [2.24, 2.45) is 5.73 Å².